The van der Waals surface area contributed by atoms with Gasteiger partial charge in [0.15, 0.2) is 5.82 Å². The van der Waals surface area contributed by atoms with Crippen molar-refractivity contribution in [3.8, 4) is 11.1 Å². The molecule has 2 aromatic carbocycles. The van der Waals surface area contributed by atoms with E-state index in [1.165, 1.54) is 12.8 Å². The zero-order chi connectivity index (χ0) is 17.9. The molecule has 5 heteroatoms. The van der Waals surface area contributed by atoms with Gasteiger partial charge in [-0.2, -0.15) is 4.98 Å². The highest BCUT2D eigenvalue weighted by Crippen LogP contribution is 2.29. The lowest BCUT2D eigenvalue weighted by Gasteiger charge is -2.11. The molecule has 0 bridgehead atoms. The molecule has 1 aromatic heterocycles. The van der Waals surface area contributed by atoms with Crippen molar-refractivity contribution in [2.45, 2.75) is 32.2 Å². The third-order valence-corrected chi connectivity index (χ3v) is 5.00. The summed E-state index contributed by atoms with van der Waals surface area (Å²) in [7, 11) is 0. The Bertz CT molecular complexity index is 872. The molecule has 1 unspecified atom stereocenters. The van der Waals surface area contributed by atoms with Gasteiger partial charge in [-0.15, -0.1) is 0 Å². The number of benzene rings is 2. The van der Waals surface area contributed by atoms with Crippen LogP contribution in [0.4, 0.5) is 4.39 Å². The van der Waals surface area contributed by atoms with Crippen molar-refractivity contribution in [3.63, 3.8) is 0 Å². The summed E-state index contributed by atoms with van der Waals surface area (Å²) in [5.41, 5.74) is 2.30. The summed E-state index contributed by atoms with van der Waals surface area (Å²) in [4.78, 5) is 6.85. The van der Waals surface area contributed by atoms with Crippen molar-refractivity contribution in [1.29, 1.82) is 0 Å². The van der Waals surface area contributed by atoms with Crippen LogP contribution in [0.1, 0.15) is 43.0 Å². The van der Waals surface area contributed by atoms with Crippen molar-refractivity contribution < 1.29 is 8.91 Å². The summed E-state index contributed by atoms with van der Waals surface area (Å²) >= 11 is 0. The molecule has 3 aromatic rings. The Balaban J connectivity index is 1.52. The Morgan fingerprint density at radius 3 is 2.62 bits per heavy atom. The first-order valence-corrected chi connectivity index (χ1v) is 9.10. The van der Waals surface area contributed by atoms with Gasteiger partial charge in [0.2, 0.25) is 5.89 Å². The molecule has 0 amide bonds. The second kappa shape index (κ2) is 7.38. The van der Waals surface area contributed by atoms with E-state index in [-0.39, 0.29) is 11.7 Å². The molecule has 4 rings (SSSR count). The van der Waals surface area contributed by atoms with Crippen LogP contribution in [-0.4, -0.2) is 28.1 Å². The van der Waals surface area contributed by atoms with E-state index in [1.807, 2.05) is 49.4 Å². The number of rotatable bonds is 5. The lowest BCUT2D eigenvalue weighted by Crippen LogP contribution is -2.19. The molecule has 1 fully saturated rings. The fourth-order valence-corrected chi connectivity index (χ4v) is 3.44. The standard InChI is InChI=1S/C21H22FN3O/c1-15(21-23-20(24-26-21)14-25-11-5-6-12-25)17-9-10-18(19(22)13-17)16-7-3-2-4-8-16/h2-4,7-10,13,15H,5-6,11-12,14H2,1H3. The Morgan fingerprint density at radius 1 is 1.12 bits per heavy atom. The first kappa shape index (κ1) is 16.9. The summed E-state index contributed by atoms with van der Waals surface area (Å²) in [5.74, 6) is 0.854. The first-order chi connectivity index (χ1) is 12.7. The quantitative estimate of drug-likeness (QED) is 0.672. The molecule has 1 saturated heterocycles. The molecule has 1 atom stereocenters. The Morgan fingerprint density at radius 2 is 1.88 bits per heavy atom. The number of nitrogens with zero attached hydrogens (tertiary/aromatic N) is 3. The Labute approximate surface area is 152 Å². The molecule has 26 heavy (non-hydrogen) atoms. The van der Waals surface area contributed by atoms with Crippen LogP contribution >= 0.6 is 0 Å². The van der Waals surface area contributed by atoms with Gasteiger partial charge in [-0.05, 0) is 50.0 Å². The van der Waals surface area contributed by atoms with E-state index in [0.29, 0.717) is 17.3 Å². The molecule has 0 saturated carbocycles. The van der Waals surface area contributed by atoms with Crippen LogP contribution in [0.25, 0.3) is 11.1 Å². The molecular formula is C21H22FN3O. The van der Waals surface area contributed by atoms with Gasteiger partial charge in [-0.3, -0.25) is 4.90 Å². The van der Waals surface area contributed by atoms with Gasteiger partial charge in [0.05, 0.1) is 12.5 Å². The fraction of sp³-hybridized carbons (Fsp3) is 0.333. The van der Waals surface area contributed by atoms with Crippen LogP contribution in [0.15, 0.2) is 53.1 Å². The highest BCUT2D eigenvalue weighted by molar-refractivity contribution is 5.64. The Kier molecular flexibility index (Phi) is 4.80. The maximum atomic E-state index is 14.6. The van der Waals surface area contributed by atoms with Crippen molar-refractivity contribution in [3.05, 3.63) is 71.6 Å². The molecule has 1 aliphatic heterocycles. The van der Waals surface area contributed by atoms with Gasteiger partial charge in [-0.25, -0.2) is 4.39 Å². The summed E-state index contributed by atoms with van der Waals surface area (Å²) in [5, 5.41) is 4.09. The average molecular weight is 351 g/mol. The SMILES string of the molecule is CC(c1ccc(-c2ccccc2)c(F)c1)c1nc(CN2CCCC2)no1. The van der Waals surface area contributed by atoms with Gasteiger partial charge < -0.3 is 4.52 Å². The van der Waals surface area contributed by atoms with Gasteiger partial charge >= 0.3 is 0 Å². The molecule has 0 N–H and O–H groups in total. The van der Waals surface area contributed by atoms with Gasteiger partial charge in [0.25, 0.3) is 0 Å². The van der Waals surface area contributed by atoms with E-state index >= 15 is 0 Å². The van der Waals surface area contributed by atoms with Crippen LogP contribution in [0, 0.1) is 5.82 Å². The van der Waals surface area contributed by atoms with Crippen molar-refractivity contribution in [1.82, 2.24) is 15.0 Å². The average Bonchev–Trinajstić information content (AvgIpc) is 3.34. The molecule has 4 nitrogen and oxygen atoms in total. The largest absolute Gasteiger partial charge is 0.339 e. The third-order valence-electron chi connectivity index (χ3n) is 5.00. The van der Waals surface area contributed by atoms with E-state index in [0.717, 1.165) is 30.8 Å². The molecule has 1 aliphatic rings. The second-order valence-corrected chi connectivity index (χ2v) is 6.86. The summed E-state index contributed by atoms with van der Waals surface area (Å²) in [6.07, 6.45) is 2.46. The van der Waals surface area contributed by atoms with E-state index in [2.05, 4.69) is 15.0 Å². The van der Waals surface area contributed by atoms with Crippen LogP contribution in [-0.2, 0) is 6.54 Å². The van der Waals surface area contributed by atoms with E-state index in [1.54, 1.807) is 6.07 Å². The van der Waals surface area contributed by atoms with Gasteiger partial charge in [0.1, 0.15) is 5.82 Å². The molecule has 2 heterocycles. The third kappa shape index (κ3) is 3.53. The van der Waals surface area contributed by atoms with Gasteiger partial charge in [0, 0.05) is 5.56 Å². The minimum absolute atomic E-state index is 0.144. The number of hydrogen-bond donors (Lipinski definition) is 0. The van der Waals surface area contributed by atoms with Crippen molar-refractivity contribution in [2.24, 2.45) is 0 Å². The van der Waals surface area contributed by atoms with Gasteiger partial charge in [-0.1, -0.05) is 47.6 Å². The highest BCUT2D eigenvalue weighted by Gasteiger charge is 2.20. The van der Waals surface area contributed by atoms with E-state index in [9.17, 15) is 4.39 Å². The molecule has 0 radical (unpaired) electrons. The van der Waals surface area contributed by atoms with Crippen LogP contribution in [0.5, 0.6) is 0 Å². The molecular weight excluding hydrogens is 329 g/mol. The summed E-state index contributed by atoms with van der Waals surface area (Å²) in [6, 6.07) is 14.9. The normalized spacial score (nSPS) is 16.1. The summed E-state index contributed by atoms with van der Waals surface area (Å²) in [6.45, 7) is 4.86. The zero-order valence-corrected chi connectivity index (χ0v) is 14.9. The Hall–Kier alpha value is -2.53. The summed E-state index contributed by atoms with van der Waals surface area (Å²) < 4.78 is 20.0. The lowest BCUT2D eigenvalue weighted by atomic mass is 9.97. The van der Waals surface area contributed by atoms with Crippen LogP contribution < -0.4 is 0 Å². The lowest BCUT2D eigenvalue weighted by molar-refractivity contribution is 0.308. The van der Waals surface area contributed by atoms with E-state index in [4.69, 9.17) is 4.52 Å². The smallest absolute Gasteiger partial charge is 0.233 e. The van der Waals surface area contributed by atoms with Crippen LogP contribution in [0.2, 0.25) is 0 Å². The number of halogens is 1. The minimum Gasteiger partial charge on any atom is -0.339 e. The van der Waals surface area contributed by atoms with Crippen molar-refractivity contribution in [2.75, 3.05) is 13.1 Å². The predicted molar refractivity (Wildman–Crippen MR) is 98.2 cm³/mol. The highest BCUT2D eigenvalue weighted by atomic mass is 19.1. The maximum Gasteiger partial charge on any atom is 0.233 e. The zero-order valence-electron chi connectivity index (χ0n) is 14.9. The predicted octanol–water partition coefficient (Wildman–Crippen LogP) is 4.62. The monoisotopic (exact) mass is 351 g/mol. The number of hydrogen-bond acceptors (Lipinski definition) is 4. The second-order valence-electron chi connectivity index (χ2n) is 6.86. The molecule has 134 valence electrons. The molecule has 0 aliphatic carbocycles. The fourth-order valence-electron chi connectivity index (χ4n) is 3.44. The maximum absolute atomic E-state index is 14.6. The number of aromatic nitrogens is 2. The van der Waals surface area contributed by atoms with E-state index < -0.39 is 0 Å². The van der Waals surface area contributed by atoms with Crippen LogP contribution in [0.3, 0.4) is 0 Å². The van der Waals surface area contributed by atoms with Crippen molar-refractivity contribution >= 4 is 0 Å². The topological polar surface area (TPSA) is 42.2 Å². The molecule has 0 spiro atoms. The number of likely N-dealkylation sites (tertiary alicyclic amines) is 1. The first-order valence-electron chi connectivity index (χ1n) is 9.10. The minimum atomic E-state index is -0.239.